The molecule has 1 fully saturated rings. The van der Waals surface area contributed by atoms with E-state index in [-0.39, 0.29) is 11.2 Å². The number of rotatable bonds is 9. The molecule has 1 aliphatic heterocycles. The fourth-order valence-electron chi connectivity index (χ4n) is 3.43. The van der Waals surface area contributed by atoms with Crippen LogP contribution in [0.4, 0.5) is 0 Å². The van der Waals surface area contributed by atoms with E-state index in [1.807, 2.05) is 0 Å². The molecule has 0 radical (unpaired) electrons. The van der Waals surface area contributed by atoms with Crippen molar-refractivity contribution >= 4 is 12.6 Å². The molecule has 20 heavy (non-hydrogen) atoms. The van der Waals surface area contributed by atoms with E-state index < -0.39 is 0 Å². The number of unbranched alkanes of at least 4 members (excludes halogenated alkanes) is 6. The van der Waals surface area contributed by atoms with Gasteiger partial charge in [0, 0.05) is 13.1 Å². The molecule has 1 rings (SSSR count). The number of thiol groups is 1. The van der Waals surface area contributed by atoms with E-state index in [9.17, 15) is 0 Å². The van der Waals surface area contributed by atoms with Crippen LogP contribution in [0.3, 0.4) is 0 Å². The van der Waals surface area contributed by atoms with E-state index in [1.54, 1.807) is 0 Å². The Labute approximate surface area is 132 Å². The molecule has 0 bridgehead atoms. The normalized spacial score (nSPS) is 22.1. The van der Waals surface area contributed by atoms with Crippen LogP contribution in [0.5, 0.6) is 0 Å². The molecule has 1 saturated heterocycles. The summed E-state index contributed by atoms with van der Waals surface area (Å²) in [6.07, 6.45) is 9.52. The lowest BCUT2D eigenvalue weighted by Crippen LogP contribution is -2.57. The highest BCUT2D eigenvalue weighted by atomic mass is 32.1. The Kier molecular flexibility index (Phi) is 7.92. The van der Waals surface area contributed by atoms with Gasteiger partial charge in [-0.1, -0.05) is 32.1 Å². The Morgan fingerprint density at radius 1 is 0.800 bits per heavy atom. The SMILES string of the molecule is CC1(C)CN(CCCCCCCCCS)CC(C)(C)O1. The van der Waals surface area contributed by atoms with Crippen LogP contribution < -0.4 is 0 Å². The Bertz CT molecular complexity index is 250. The van der Waals surface area contributed by atoms with Crippen LogP contribution in [0, 0.1) is 0 Å². The zero-order valence-electron chi connectivity index (χ0n) is 14.1. The second-order valence-corrected chi connectivity index (χ2v) is 7.98. The molecule has 2 nitrogen and oxygen atoms in total. The molecular weight excluding hydrogens is 266 g/mol. The van der Waals surface area contributed by atoms with Gasteiger partial charge in [-0.15, -0.1) is 0 Å². The van der Waals surface area contributed by atoms with Crippen LogP contribution in [0.15, 0.2) is 0 Å². The van der Waals surface area contributed by atoms with E-state index >= 15 is 0 Å². The Morgan fingerprint density at radius 3 is 1.75 bits per heavy atom. The number of hydrogen-bond acceptors (Lipinski definition) is 3. The van der Waals surface area contributed by atoms with Gasteiger partial charge in [-0.05, 0) is 52.8 Å². The van der Waals surface area contributed by atoms with Gasteiger partial charge in [0.05, 0.1) is 11.2 Å². The summed E-state index contributed by atoms with van der Waals surface area (Å²) in [6.45, 7) is 12.2. The average molecular weight is 302 g/mol. The summed E-state index contributed by atoms with van der Waals surface area (Å²) < 4.78 is 6.13. The van der Waals surface area contributed by atoms with E-state index in [1.165, 1.54) is 51.5 Å². The summed E-state index contributed by atoms with van der Waals surface area (Å²) >= 11 is 4.25. The van der Waals surface area contributed by atoms with Crippen molar-refractivity contribution in [3.63, 3.8) is 0 Å². The third-order valence-electron chi connectivity index (χ3n) is 3.89. The first-order valence-corrected chi connectivity index (χ1v) is 9.01. The topological polar surface area (TPSA) is 12.5 Å². The molecule has 0 N–H and O–H groups in total. The number of nitrogens with zero attached hydrogens (tertiary/aromatic N) is 1. The maximum atomic E-state index is 6.13. The molecule has 0 aromatic rings. The molecular formula is C17H35NOS. The predicted octanol–water partition coefficient (Wildman–Crippen LogP) is 4.54. The summed E-state index contributed by atoms with van der Waals surface area (Å²) in [5.74, 6) is 1.04. The summed E-state index contributed by atoms with van der Waals surface area (Å²) in [4.78, 5) is 2.59. The summed E-state index contributed by atoms with van der Waals surface area (Å²) in [7, 11) is 0. The van der Waals surface area contributed by atoms with Gasteiger partial charge in [-0.2, -0.15) is 12.6 Å². The summed E-state index contributed by atoms with van der Waals surface area (Å²) in [5, 5.41) is 0. The largest absolute Gasteiger partial charge is 0.367 e. The second-order valence-electron chi connectivity index (χ2n) is 7.53. The molecule has 0 amide bonds. The highest BCUT2D eigenvalue weighted by Crippen LogP contribution is 2.28. The minimum atomic E-state index is -0.00534. The van der Waals surface area contributed by atoms with Crippen molar-refractivity contribution in [2.24, 2.45) is 0 Å². The first-order valence-electron chi connectivity index (χ1n) is 8.38. The second kappa shape index (κ2) is 8.65. The summed E-state index contributed by atoms with van der Waals surface area (Å²) in [6, 6.07) is 0. The highest BCUT2D eigenvalue weighted by Gasteiger charge is 2.37. The lowest BCUT2D eigenvalue weighted by atomic mass is 9.98. The number of ether oxygens (including phenoxy) is 1. The van der Waals surface area contributed by atoms with Gasteiger partial charge in [0.1, 0.15) is 0 Å². The molecule has 0 spiro atoms. The van der Waals surface area contributed by atoms with Crippen molar-refractivity contribution in [1.29, 1.82) is 0 Å². The smallest absolute Gasteiger partial charge is 0.0760 e. The Hall–Kier alpha value is 0.270. The van der Waals surface area contributed by atoms with Gasteiger partial charge < -0.3 is 4.74 Å². The lowest BCUT2D eigenvalue weighted by Gasteiger charge is -2.47. The Morgan fingerprint density at radius 2 is 1.25 bits per heavy atom. The average Bonchev–Trinajstić information content (AvgIpc) is 2.28. The molecule has 0 aliphatic carbocycles. The molecule has 0 saturated carbocycles. The molecule has 0 aromatic carbocycles. The van der Waals surface area contributed by atoms with Crippen LogP contribution in [0.1, 0.15) is 72.6 Å². The van der Waals surface area contributed by atoms with Crippen molar-refractivity contribution in [3.8, 4) is 0 Å². The third kappa shape index (κ3) is 7.90. The van der Waals surface area contributed by atoms with E-state index in [0.29, 0.717) is 0 Å². The minimum absolute atomic E-state index is 0.00534. The zero-order valence-corrected chi connectivity index (χ0v) is 15.0. The zero-order chi connectivity index (χ0) is 15.1. The number of morpholine rings is 1. The third-order valence-corrected chi connectivity index (χ3v) is 4.21. The molecule has 0 atom stereocenters. The van der Waals surface area contributed by atoms with Crippen LogP contribution in [0.25, 0.3) is 0 Å². The monoisotopic (exact) mass is 301 g/mol. The van der Waals surface area contributed by atoms with Crippen molar-refractivity contribution in [2.45, 2.75) is 83.8 Å². The number of hydrogen-bond donors (Lipinski definition) is 1. The van der Waals surface area contributed by atoms with Crippen molar-refractivity contribution in [3.05, 3.63) is 0 Å². The summed E-state index contributed by atoms with van der Waals surface area (Å²) in [5.41, 5.74) is -0.0107. The van der Waals surface area contributed by atoms with Gasteiger partial charge in [0.2, 0.25) is 0 Å². The maximum absolute atomic E-state index is 6.13. The van der Waals surface area contributed by atoms with Crippen LogP contribution in [-0.4, -0.2) is 41.5 Å². The van der Waals surface area contributed by atoms with Crippen LogP contribution in [0.2, 0.25) is 0 Å². The molecule has 0 unspecified atom stereocenters. The quantitative estimate of drug-likeness (QED) is 0.496. The molecule has 120 valence electrons. The van der Waals surface area contributed by atoms with E-state index in [2.05, 4.69) is 45.2 Å². The first kappa shape index (κ1) is 18.3. The van der Waals surface area contributed by atoms with Gasteiger partial charge in [-0.25, -0.2) is 0 Å². The van der Waals surface area contributed by atoms with Crippen LogP contribution in [-0.2, 0) is 4.74 Å². The fourth-order valence-corrected chi connectivity index (χ4v) is 3.66. The van der Waals surface area contributed by atoms with Crippen molar-refractivity contribution < 1.29 is 4.74 Å². The van der Waals surface area contributed by atoms with Gasteiger partial charge in [0.15, 0.2) is 0 Å². The van der Waals surface area contributed by atoms with Gasteiger partial charge in [0.25, 0.3) is 0 Å². The van der Waals surface area contributed by atoms with Crippen LogP contribution >= 0.6 is 12.6 Å². The minimum Gasteiger partial charge on any atom is -0.367 e. The molecule has 0 aromatic heterocycles. The van der Waals surface area contributed by atoms with Crippen molar-refractivity contribution in [1.82, 2.24) is 4.90 Å². The van der Waals surface area contributed by atoms with E-state index in [4.69, 9.17) is 4.74 Å². The molecule has 1 aliphatic rings. The molecule has 3 heteroatoms. The standard InChI is InChI=1S/C17H35NOS/c1-16(2)14-18(15-17(3,4)19-16)12-10-8-6-5-7-9-11-13-20/h20H,5-15H2,1-4H3. The van der Waals surface area contributed by atoms with Gasteiger partial charge in [-0.3, -0.25) is 4.90 Å². The van der Waals surface area contributed by atoms with Crippen molar-refractivity contribution in [2.75, 3.05) is 25.4 Å². The first-order chi connectivity index (χ1) is 9.35. The molecule has 1 heterocycles. The lowest BCUT2D eigenvalue weighted by molar-refractivity contribution is -0.180. The van der Waals surface area contributed by atoms with E-state index in [0.717, 1.165) is 18.8 Å². The van der Waals surface area contributed by atoms with Gasteiger partial charge >= 0.3 is 0 Å². The maximum Gasteiger partial charge on any atom is 0.0760 e. The fraction of sp³-hybridized carbons (Fsp3) is 1.00. The predicted molar refractivity (Wildman–Crippen MR) is 91.9 cm³/mol. The Balaban J connectivity index is 2.09. The highest BCUT2D eigenvalue weighted by molar-refractivity contribution is 7.80.